The van der Waals surface area contributed by atoms with Gasteiger partial charge in [0.1, 0.15) is 5.82 Å². The number of ketones is 1. The molecular formula is C19H17F4N3O2. The van der Waals surface area contributed by atoms with Crippen LogP contribution in [0.2, 0.25) is 0 Å². The first-order valence-electron chi connectivity index (χ1n) is 8.66. The van der Waals surface area contributed by atoms with Gasteiger partial charge in [-0.1, -0.05) is 12.5 Å². The van der Waals surface area contributed by atoms with Crippen molar-refractivity contribution in [3.8, 4) is 0 Å². The number of carbonyl (C=O) groups is 2. The number of Topliss-reactive ketones (excluding diaryl/α,β-unsaturated/α-hetero) is 1. The molecule has 1 saturated carbocycles. The molecule has 0 radical (unpaired) electrons. The molecule has 28 heavy (non-hydrogen) atoms. The second-order valence-electron chi connectivity index (χ2n) is 6.77. The molecule has 1 amide bonds. The zero-order valence-electron chi connectivity index (χ0n) is 14.7. The second kappa shape index (κ2) is 8.04. The lowest BCUT2D eigenvalue weighted by molar-refractivity contribution is -0.131. The Bertz CT molecular complexity index is 883. The van der Waals surface area contributed by atoms with Crippen LogP contribution in [0.3, 0.4) is 0 Å². The zero-order valence-corrected chi connectivity index (χ0v) is 14.7. The molecule has 9 heteroatoms. The number of rotatable bonds is 7. The molecule has 1 aliphatic carbocycles. The molecule has 5 nitrogen and oxygen atoms in total. The first kappa shape index (κ1) is 19.9. The fourth-order valence-electron chi connectivity index (χ4n) is 3.24. The maximum absolute atomic E-state index is 13.6. The standard InChI is InChI=1S/C19H17F4N3O2/c20-13-3-2-12(6-14(13)21)19(4-1-5-19)7-16-24-8-11(9-25-16)15(27)10-26-18(28)17(22)23/h2-3,6,8-9,17H,1,4-5,7,10H2,(H,26,28). The van der Waals surface area contributed by atoms with E-state index in [1.807, 2.05) is 5.32 Å². The molecule has 1 fully saturated rings. The third kappa shape index (κ3) is 4.18. The van der Waals surface area contributed by atoms with E-state index in [2.05, 4.69) is 9.97 Å². The summed E-state index contributed by atoms with van der Waals surface area (Å²) in [6.45, 7) is -0.579. The monoisotopic (exact) mass is 395 g/mol. The van der Waals surface area contributed by atoms with E-state index in [0.29, 0.717) is 17.8 Å². The molecule has 2 aromatic rings. The maximum Gasteiger partial charge on any atom is 0.315 e. The molecule has 0 atom stereocenters. The molecule has 0 saturated heterocycles. The van der Waals surface area contributed by atoms with Gasteiger partial charge in [-0.3, -0.25) is 9.59 Å². The van der Waals surface area contributed by atoms with Crippen molar-refractivity contribution in [2.24, 2.45) is 0 Å². The summed E-state index contributed by atoms with van der Waals surface area (Å²) in [5, 5.41) is 1.82. The van der Waals surface area contributed by atoms with E-state index < -0.39 is 36.3 Å². The predicted molar refractivity (Wildman–Crippen MR) is 91.0 cm³/mol. The van der Waals surface area contributed by atoms with E-state index in [9.17, 15) is 27.2 Å². The quantitative estimate of drug-likeness (QED) is 0.578. The normalized spacial score (nSPS) is 15.2. The Labute approximate surface area is 158 Å². The van der Waals surface area contributed by atoms with Gasteiger partial charge in [0, 0.05) is 24.2 Å². The minimum atomic E-state index is -3.19. The summed E-state index contributed by atoms with van der Waals surface area (Å²) in [4.78, 5) is 31.0. The number of nitrogens with one attached hydrogen (secondary N) is 1. The Morgan fingerprint density at radius 2 is 1.79 bits per heavy atom. The van der Waals surface area contributed by atoms with E-state index in [-0.39, 0.29) is 11.0 Å². The van der Waals surface area contributed by atoms with Crippen molar-refractivity contribution in [2.45, 2.75) is 37.5 Å². The van der Waals surface area contributed by atoms with Gasteiger partial charge in [-0.05, 0) is 30.5 Å². The topological polar surface area (TPSA) is 72.0 Å². The van der Waals surface area contributed by atoms with Crippen LogP contribution >= 0.6 is 0 Å². The number of hydrogen-bond acceptors (Lipinski definition) is 4. The molecule has 1 aliphatic rings. The third-order valence-electron chi connectivity index (χ3n) is 4.99. The lowest BCUT2D eigenvalue weighted by atomic mass is 9.62. The third-order valence-corrected chi connectivity index (χ3v) is 4.99. The summed E-state index contributed by atoms with van der Waals surface area (Å²) in [7, 11) is 0. The van der Waals surface area contributed by atoms with E-state index in [1.165, 1.54) is 18.5 Å². The largest absolute Gasteiger partial charge is 0.344 e. The first-order valence-corrected chi connectivity index (χ1v) is 8.66. The molecule has 1 aromatic heterocycles. The molecule has 0 spiro atoms. The van der Waals surface area contributed by atoms with E-state index in [1.54, 1.807) is 6.07 Å². The Balaban J connectivity index is 1.68. The molecule has 0 unspecified atom stereocenters. The van der Waals surface area contributed by atoms with Gasteiger partial charge in [-0.25, -0.2) is 18.7 Å². The van der Waals surface area contributed by atoms with Gasteiger partial charge in [0.2, 0.25) is 0 Å². The van der Waals surface area contributed by atoms with Gasteiger partial charge < -0.3 is 5.32 Å². The Morgan fingerprint density at radius 1 is 1.11 bits per heavy atom. The number of benzene rings is 1. The zero-order chi connectivity index (χ0) is 20.3. The highest BCUT2D eigenvalue weighted by Gasteiger charge is 2.40. The van der Waals surface area contributed by atoms with Crippen LogP contribution in [-0.2, 0) is 16.6 Å². The molecule has 1 N–H and O–H groups in total. The van der Waals surface area contributed by atoms with Crippen LogP contribution in [0, 0.1) is 11.6 Å². The van der Waals surface area contributed by atoms with Gasteiger partial charge in [0.25, 0.3) is 5.91 Å². The minimum absolute atomic E-state index is 0.0776. The SMILES string of the molecule is O=C(CNC(=O)C(F)F)c1cnc(CC2(c3ccc(F)c(F)c3)CCC2)nc1. The van der Waals surface area contributed by atoms with Crippen LogP contribution in [-0.4, -0.2) is 34.6 Å². The Kier molecular flexibility index (Phi) is 5.71. The first-order chi connectivity index (χ1) is 13.3. The van der Waals surface area contributed by atoms with Crippen LogP contribution in [0.4, 0.5) is 17.6 Å². The molecular weight excluding hydrogens is 378 g/mol. The molecule has 1 aromatic carbocycles. The van der Waals surface area contributed by atoms with Crippen LogP contribution in [0.25, 0.3) is 0 Å². The number of hydrogen-bond donors (Lipinski definition) is 1. The summed E-state index contributed by atoms with van der Waals surface area (Å²) in [5.74, 6) is -3.51. The van der Waals surface area contributed by atoms with Crippen molar-refractivity contribution in [3.63, 3.8) is 0 Å². The summed E-state index contributed by atoms with van der Waals surface area (Å²) in [6, 6.07) is 3.85. The highest BCUT2D eigenvalue weighted by molar-refractivity contribution is 5.99. The average molecular weight is 395 g/mol. The number of halogens is 4. The summed E-state index contributed by atoms with van der Waals surface area (Å²) < 4.78 is 51.1. The van der Waals surface area contributed by atoms with Crippen molar-refractivity contribution in [1.82, 2.24) is 15.3 Å². The van der Waals surface area contributed by atoms with Crippen LogP contribution in [0.1, 0.15) is 41.0 Å². The number of amides is 1. The number of aromatic nitrogens is 2. The molecule has 148 valence electrons. The highest BCUT2D eigenvalue weighted by Crippen LogP contribution is 2.46. The van der Waals surface area contributed by atoms with Crippen molar-refractivity contribution in [2.75, 3.05) is 6.54 Å². The smallest absolute Gasteiger partial charge is 0.315 e. The van der Waals surface area contributed by atoms with Crippen LogP contribution < -0.4 is 5.32 Å². The van der Waals surface area contributed by atoms with Crippen molar-refractivity contribution >= 4 is 11.7 Å². The predicted octanol–water partition coefficient (Wildman–Crippen LogP) is 2.98. The van der Waals surface area contributed by atoms with Gasteiger partial charge >= 0.3 is 6.43 Å². The molecule has 0 bridgehead atoms. The number of nitrogens with zero attached hydrogens (tertiary/aromatic N) is 2. The summed E-state index contributed by atoms with van der Waals surface area (Å²) >= 11 is 0. The molecule has 0 aliphatic heterocycles. The molecule has 3 rings (SSSR count). The summed E-state index contributed by atoms with van der Waals surface area (Å²) in [6.07, 6.45) is 2.23. The van der Waals surface area contributed by atoms with Crippen LogP contribution in [0.15, 0.2) is 30.6 Å². The second-order valence-corrected chi connectivity index (χ2v) is 6.77. The van der Waals surface area contributed by atoms with E-state index in [4.69, 9.17) is 0 Å². The lowest BCUT2D eigenvalue weighted by Crippen LogP contribution is -2.37. The average Bonchev–Trinajstić information content (AvgIpc) is 2.65. The van der Waals surface area contributed by atoms with Gasteiger partial charge in [0.05, 0.1) is 12.1 Å². The van der Waals surface area contributed by atoms with Gasteiger partial charge in [0.15, 0.2) is 17.4 Å². The minimum Gasteiger partial charge on any atom is -0.344 e. The number of carbonyl (C=O) groups excluding carboxylic acids is 2. The van der Waals surface area contributed by atoms with E-state index >= 15 is 0 Å². The Hall–Kier alpha value is -2.84. The number of alkyl halides is 2. The Morgan fingerprint density at radius 3 is 2.32 bits per heavy atom. The van der Waals surface area contributed by atoms with Crippen molar-refractivity contribution in [1.29, 1.82) is 0 Å². The van der Waals surface area contributed by atoms with Crippen LogP contribution in [0.5, 0.6) is 0 Å². The van der Waals surface area contributed by atoms with Gasteiger partial charge in [-0.2, -0.15) is 8.78 Å². The van der Waals surface area contributed by atoms with Crippen molar-refractivity contribution < 1.29 is 27.2 Å². The van der Waals surface area contributed by atoms with E-state index in [0.717, 1.165) is 25.3 Å². The van der Waals surface area contributed by atoms with Crippen molar-refractivity contribution in [3.05, 3.63) is 59.2 Å². The fraction of sp³-hybridized carbons (Fsp3) is 0.368. The fourth-order valence-corrected chi connectivity index (χ4v) is 3.24. The lowest BCUT2D eigenvalue weighted by Gasteiger charge is -2.42. The highest BCUT2D eigenvalue weighted by atomic mass is 19.3. The summed E-state index contributed by atoms with van der Waals surface area (Å²) in [5.41, 5.74) is 0.371. The molecule has 1 heterocycles. The van der Waals surface area contributed by atoms with Gasteiger partial charge in [-0.15, -0.1) is 0 Å². The maximum atomic E-state index is 13.6.